The molecule has 5 nitrogen and oxygen atoms in total. The van der Waals surface area contributed by atoms with E-state index in [1.807, 2.05) is 7.05 Å². The highest BCUT2D eigenvalue weighted by molar-refractivity contribution is 8.00. The van der Waals surface area contributed by atoms with Crippen molar-refractivity contribution in [3.8, 4) is 0 Å². The van der Waals surface area contributed by atoms with Crippen LogP contribution in [0.4, 0.5) is 0 Å². The molecular weight excluding hydrogens is 310 g/mol. The summed E-state index contributed by atoms with van der Waals surface area (Å²) in [5, 5.41) is 4.10. The molecule has 136 valence electrons. The van der Waals surface area contributed by atoms with Gasteiger partial charge in [0.25, 0.3) is 0 Å². The average molecular weight is 346 g/mol. The molecule has 0 bridgehead atoms. The number of aliphatic imine (C=N–C) groups is 1. The topological polar surface area (TPSA) is 46.1 Å². The number of thioether (sulfide) groups is 1. The Bertz CT molecular complexity index is 327. The Labute approximate surface area is 146 Å². The summed E-state index contributed by atoms with van der Waals surface area (Å²) >= 11 is 2.08. The van der Waals surface area contributed by atoms with Gasteiger partial charge in [-0.15, -0.1) is 0 Å². The number of unbranched alkanes of at least 4 members (excludes halogenated alkanes) is 1. The average Bonchev–Trinajstić information content (AvgIpc) is 2.57. The van der Waals surface area contributed by atoms with Crippen LogP contribution in [0, 0.1) is 5.92 Å². The second kappa shape index (κ2) is 12.9. The van der Waals surface area contributed by atoms with Gasteiger partial charge in [-0.25, -0.2) is 0 Å². The zero-order valence-electron chi connectivity index (χ0n) is 15.3. The van der Waals surface area contributed by atoms with Crippen molar-refractivity contribution in [3.63, 3.8) is 0 Å². The second-order valence-corrected chi connectivity index (χ2v) is 7.50. The largest absolute Gasteiger partial charge is 0.379 e. The van der Waals surface area contributed by atoms with Crippen LogP contribution in [0.5, 0.6) is 0 Å². The Morgan fingerprint density at radius 3 is 2.65 bits per heavy atom. The molecule has 0 aromatic carbocycles. The van der Waals surface area contributed by atoms with E-state index >= 15 is 0 Å². The first kappa shape index (κ1) is 20.6. The summed E-state index contributed by atoms with van der Waals surface area (Å²) in [7, 11) is 1.86. The normalized spacial score (nSPS) is 19.4. The molecule has 1 fully saturated rings. The monoisotopic (exact) mass is 345 g/mol. The number of guanidine groups is 1. The molecule has 0 amide bonds. The predicted octanol–water partition coefficient (Wildman–Crippen LogP) is 2.47. The third kappa shape index (κ3) is 8.82. The van der Waals surface area contributed by atoms with Crippen LogP contribution < -0.4 is 5.32 Å². The molecule has 6 heteroatoms. The molecule has 0 saturated carbocycles. The Kier molecular flexibility index (Phi) is 11.5. The Balaban J connectivity index is 2.12. The van der Waals surface area contributed by atoms with E-state index in [1.54, 1.807) is 0 Å². The SMILES string of the molecule is CCCCOCCOCCNC(=NC)N1CCSC(C(C)C)C1. The lowest BCUT2D eigenvalue weighted by molar-refractivity contribution is 0.0486. The van der Waals surface area contributed by atoms with Crippen LogP contribution in [0.2, 0.25) is 0 Å². The predicted molar refractivity (Wildman–Crippen MR) is 101 cm³/mol. The van der Waals surface area contributed by atoms with Crippen molar-refractivity contribution in [2.75, 3.05) is 58.9 Å². The molecule has 0 spiro atoms. The highest BCUT2D eigenvalue weighted by atomic mass is 32.2. The minimum atomic E-state index is 0.666. The van der Waals surface area contributed by atoms with Gasteiger partial charge in [0.05, 0.1) is 19.8 Å². The van der Waals surface area contributed by atoms with Gasteiger partial charge in [0.1, 0.15) is 0 Å². The summed E-state index contributed by atoms with van der Waals surface area (Å²) in [6, 6.07) is 0. The number of hydrogen-bond donors (Lipinski definition) is 1. The molecule has 1 atom stereocenters. The van der Waals surface area contributed by atoms with E-state index in [1.165, 1.54) is 12.2 Å². The maximum Gasteiger partial charge on any atom is 0.193 e. The molecule has 23 heavy (non-hydrogen) atoms. The van der Waals surface area contributed by atoms with Gasteiger partial charge < -0.3 is 19.7 Å². The lowest BCUT2D eigenvalue weighted by Crippen LogP contribution is -2.49. The molecule has 1 N–H and O–H groups in total. The van der Waals surface area contributed by atoms with E-state index < -0.39 is 0 Å². The fourth-order valence-corrected chi connectivity index (χ4v) is 3.71. The molecule has 0 aromatic rings. The van der Waals surface area contributed by atoms with Crippen LogP contribution in [0.25, 0.3) is 0 Å². The third-order valence-electron chi connectivity index (χ3n) is 3.89. The minimum absolute atomic E-state index is 0.666. The standard InChI is InChI=1S/C17H35N3O2S/c1-5-6-9-21-11-12-22-10-7-19-17(18-4)20-8-13-23-16(14-20)15(2)3/h15-16H,5-14H2,1-4H3,(H,18,19). The zero-order valence-corrected chi connectivity index (χ0v) is 16.2. The summed E-state index contributed by atoms with van der Waals surface area (Å²) in [6.45, 7) is 12.6. The zero-order chi connectivity index (χ0) is 16.9. The number of rotatable bonds is 10. The van der Waals surface area contributed by atoms with Crippen molar-refractivity contribution in [2.24, 2.45) is 10.9 Å². The van der Waals surface area contributed by atoms with Crippen molar-refractivity contribution in [3.05, 3.63) is 0 Å². The van der Waals surface area contributed by atoms with Gasteiger partial charge >= 0.3 is 0 Å². The minimum Gasteiger partial charge on any atom is -0.379 e. The van der Waals surface area contributed by atoms with E-state index in [9.17, 15) is 0 Å². The van der Waals surface area contributed by atoms with E-state index in [0.29, 0.717) is 31.0 Å². The quantitative estimate of drug-likeness (QED) is 0.374. The van der Waals surface area contributed by atoms with Crippen molar-refractivity contribution in [1.82, 2.24) is 10.2 Å². The van der Waals surface area contributed by atoms with Crippen LogP contribution >= 0.6 is 11.8 Å². The molecule has 1 saturated heterocycles. The Morgan fingerprint density at radius 2 is 2.00 bits per heavy atom. The molecule has 1 aliphatic heterocycles. The molecule has 1 rings (SSSR count). The van der Waals surface area contributed by atoms with Gasteiger partial charge in [0, 0.05) is 44.3 Å². The smallest absolute Gasteiger partial charge is 0.193 e. The summed E-state index contributed by atoms with van der Waals surface area (Å²) in [6.07, 6.45) is 2.31. The lowest BCUT2D eigenvalue weighted by Gasteiger charge is -2.36. The first-order chi connectivity index (χ1) is 11.2. The molecule has 1 aliphatic rings. The lowest BCUT2D eigenvalue weighted by atomic mass is 10.1. The fraction of sp³-hybridized carbons (Fsp3) is 0.941. The van der Waals surface area contributed by atoms with E-state index in [2.05, 4.69) is 47.7 Å². The van der Waals surface area contributed by atoms with Crippen molar-refractivity contribution >= 4 is 17.7 Å². The Morgan fingerprint density at radius 1 is 1.26 bits per heavy atom. The van der Waals surface area contributed by atoms with Gasteiger partial charge in [0.15, 0.2) is 5.96 Å². The second-order valence-electron chi connectivity index (χ2n) is 6.15. The molecule has 0 radical (unpaired) electrons. The highest BCUT2D eigenvalue weighted by Gasteiger charge is 2.24. The van der Waals surface area contributed by atoms with Crippen LogP contribution in [-0.4, -0.2) is 75.0 Å². The van der Waals surface area contributed by atoms with E-state index in [0.717, 1.165) is 38.6 Å². The van der Waals surface area contributed by atoms with Crippen LogP contribution in [0.3, 0.4) is 0 Å². The van der Waals surface area contributed by atoms with E-state index in [-0.39, 0.29) is 0 Å². The Hall–Kier alpha value is -0.460. The van der Waals surface area contributed by atoms with Crippen LogP contribution in [0.15, 0.2) is 4.99 Å². The molecule has 1 unspecified atom stereocenters. The van der Waals surface area contributed by atoms with Crippen LogP contribution in [0.1, 0.15) is 33.6 Å². The maximum absolute atomic E-state index is 5.59. The number of nitrogens with one attached hydrogen (secondary N) is 1. The number of ether oxygens (including phenoxy) is 2. The number of nitrogens with zero attached hydrogens (tertiary/aromatic N) is 2. The molecule has 0 aromatic heterocycles. The number of hydrogen-bond acceptors (Lipinski definition) is 4. The van der Waals surface area contributed by atoms with Crippen molar-refractivity contribution in [1.29, 1.82) is 0 Å². The molecule has 0 aliphatic carbocycles. The fourth-order valence-electron chi connectivity index (χ4n) is 2.41. The van der Waals surface area contributed by atoms with Gasteiger partial charge in [-0.05, 0) is 12.3 Å². The summed E-state index contributed by atoms with van der Waals surface area (Å²) in [5.74, 6) is 2.88. The van der Waals surface area contributed by atoms with Gasteiger partial charge in [0.2, 0.25) is 0 Å². The summed E-state index contributed by atoms with van der Waals surface area (Å²) in [4.78, 5) is 6.79. The van der Waals surface area contributed by atoms with Crippen molar-refractivity contribution in [2.45, 2.75) is 38.9 Å². The van der Waals surface area contributed by atoms with Gasteiger partial charge in [-0.3, -0.25) is 4.99 Å². The highest BCUT2D eigenvalue weighted by Crippen LogP contribution is 2.24. The molecular formula is C17H35N3O2S. The van der Waals surface area contributed by atoms with Crippen LogP contribution in [-0.2, 0) is 9.47 Å². The maximum atomic E-state index is 5.59. The summed E-state index contributed by atoms with van der Waals surface area (Å²) < 4.78 is 11.1. The first-order valence-corrected chi connectivity index (χ1v) is 9.96. The van der Waals surface area contributed by atoms with Gasteiger partial charge in [-0.1, -0.05) is 27.2 Å². The summed E-state index contributed by atoms with van der Waals surface area (Å²) in [5.41, 5.74) is 0. The van der Waals surface area contributed by atoms with Crippen molar-refractivity contribution < 1.29 is 9.47 Å². The van der Waals surface area contributed by atoms with Gasteiger partial charge in [-0.2, -0.15) is 11.8 Å². The first-order valence-electron chi connectivity index (χ1n) is 8.91. The van der Waals surface area contributed by atoms with E-state index in [4.69, 9.17) is 9.47 Å². The molecule has 1 heterocycles. The third-order valence-corrected chi connectivity index (χ3v) is 5.43.